The summed E-state index contributed by atoms with van der Waals surface area (Å²) in [6.45, 7) is 0.315. The Morgan fingerprint density at radius 1 is 1.58 bits per heavy atom. The second kappa shape index (κ2) is 2.57. The Balaban J connectivity index is 2.20. The molecule has 12 heavy (non-hydrogen) atoms. The lowest BCUT2D eigenvalue weighted by Gasteiger charge is -1.93. The molecule has 0 aliphatic carbocycles. The van der Waals surface area contributed by atoms with E-state index >= 15 is 0 Å². The van der Waals surface area contributed by atoms with Crippen LogP contribution in [0.5, 0.6) is 0 Å². The first-order valence-corrected chi connectivity index (χ1v) is 3.13. The van der Waals surface area contributed by atoms with Crippen LogP contribution in [0.3, 0.4) is 0 Å². The second-order valence-electron chi connectivity index (χ2n) is 2.04. The van der Waals surface area contributed by atoms with Gasteiger partial charge in [0.25, 0.3) is 0 Å². The fourth-order valence-electron chi connectivity index (χ4n) is 0.720. The number of hydrogen-bond donors (Lipinski definition) is 1. The van der Waals surface area contributed by atoms with Gasteiger partial charge in [0.2, 0.25) is 12.3 Å². The molecule has 8 heteroatoms. The normalized spacial score (nSPS) is 10.3. The molecular weight excluding hydrogens is 162 g/mol. The number of nitrogens with two attached hydrogens (primary N) is 1. The third-order valence-corrected chi connectivity index (χ3v) is 1.26. The number of hydrogen-bond acceptors (Lipinski definition) is 7. The van der Waals surface area contributed by atoms with Crippen LogP contribution in [0, 0.1) is 0 Å². The predicted molar refractivity (Wildman–Crippen MR) is 35.6 cm³/mol. The molecule has 0 saturated heterocycles. The second-order valence-corrected chi connectivity index (χ2v) is 2.04. The fourth-order valence-corrected chi connectivity index (χ4v) is 0.720. The third kappa shape index (κ3) is 1.09. The van der Waals surface area contributed by atoms with Gasteiger partial charge in [0.05, 0.1) is 0 Å². The van der Waals surface area contributed by atoms with E-state index in [0.29, 0.717) is 12.4 Å². The Bertz CT molecular complexity index is 351. The van der Waals surface area contributed by atoms with Crippen LogP contribution in [-0.2, 0) is 6.54 Å². The molecule has 0 fully saturated rings. The Morgan fingerprint density at radius 2 is 2.50 bits per heavy atom. The minimum Gasteiger partial charge on any atom is -0.367 e. The summed E-state index contributed by atoms with van der Waals surface area (Å²) in [6, 6.07) is 0. The van der Waals surface area contributed by atoms with Gasteiger partial charge >= 0.3 is 0 Å². The van der Waals surface area contributed by atoms with Crippen molar-refractivity contribution >= 4 is 5.95 Å². The molecule has 0 atom stereocenters. The summed E-state index contributed by atoms with van der Waals surface area (Å²) in [4.78, 5) is 3.78. The number of anilines is 1. The summed E-state index contributed by atoms with van der Waals surface area (Å²) < 4.78 is 5.89. The smallest absolute Gasteiger partial charge is 0.240 e. The van der Waals surface area contributed by atoms with Gasteiger partial charge in [-0.2, -0.15) is 4.98 Å². The van der Waals surface area contributed by atoms with Crippen LogP contribution < -0.4 is 5.73 Å². The zero-order chi connectivity index (χ0) is 8.39. The third-order valence-electron chi connectivity index (χ3n) is 1.26. The molecule has 0 saturated carbocycles. The van der Waals surface area contributed by atoms with Crippen molar-refractivity contribution in [3.8, 4) is 0 Å². The molecular formula is C4H5N7O. The van der Waals surface area contributed by atoms with E-state index in [-0.39, 0.29) is 5.95 Å². The minimum atomic E-state index is 0.222. The summed E-state index contributed by atoms with van der Waals surface area (Å²) in [5.41, 5.74) is 5.40. The van der Waals surface area contributed by atoms with Gasteiger partial charge in [-0.1, -0.05) is 10.3 Å². The van der Waals surface area contributed by atoms with Gasteiger partial charge in [-0.15, -0.1) is 0 Å². The molecule has 2 aromatic rings. The van der Waals surface area contributed by atoms with Crippen LogP contribution in [0.15, 0.2) is 10.9 Å². The van der Waals surface area contributed by atoms with Gasteiger partial charge < -0.3 is 10.3 Å². The van der Waals surface area contributed by atoms with Gasteiger partial charge in [-0.3, -0.25) is 0 Å². The van der Waals surface area contributed by atoms with E-state index in [1.165, 1.54) is 11.1 Å². The first kappa shape index (κ1) is 6.70. The van der Waals surface area contributed by atoms with Crippen LogP contribution in [0.25, 0.3) is 0 Å². The Kier molecular flexibility index (Phi) is 1.43. The minimum absolute atomic E-state index is 0.222. The molecule has 0 bridgehead atoms. The van der Waals surface area contributed by atoms with Crippen molar-refractivity contribution in [2.45, 2.75) is 6.54 Å². The Morgan fingerprint density at radius 3 is 3.08 bits per heavy atom. The van der Waals surface area contributed by atoms with Crippen molar-refractivity contribution in [1.82, 2.24) is 30.3 Å². The van der Waals surface area contributed by atoms with Gasteiger partial charge in [0.1, 0.15) is 6.54 Å². The van der Waals surface area contributed by atoms with E-state index in [0.717, 1.165) is 0 Å². The highest BCUT2D eigenvalue weighted by Crippen LogP contribution is 1.96. The van der Waals surface area contributed by atoms with Crippen LogP contribution in [-0.4, -0.2) is 30.3 Å². The summed E-state index contributed by atoms with van der Waals surface area (Å²) in [5, 5.41) is 14.0. The van der Waals surface area contributed by atoms with Gasteiger partial charge in [-0.05, 0) is 10.4 Å². The van der Waals surface area contributed by atoms with E-state index in [4.69, 9.17) is 5.73 Å². The van der Waals surface area contributed by atoms with E-state index in [2.05, 4.69) is 30.2 Å². The maximum Gasteiger partial charge on any atom is 0.240 e. The van der Waals surface area contributed by atoms with Crippen LogP contribution in [0.1, 0.15) is 5.82 Å². The first-order chi connectivity index (χ1) is 5.86. The van der Waals surface area contributed by atoms with Gasteiger partial charge in [-0.25, -0.2) is 4.68 Å². The van der Waals surface area contributed by atoms with Crippen molar-refractivity contribution in [2.24, 2.45) is 0 Å². The molecule has 0 aliphatic rings. The van der Waals surface area contributed by atoms with E-state index in [9.17, 15) is 0 Å². The topological polar surface area (TPSA) is 109 Å². The highest BCUT2D eigenvalue weighted by atomic mass is 16.5. The maximum atomic E-state index is 5.40. The molecule has 2 heterocycles. The highest BCUT2D eigenvalue weighted by Gasteiger charge is 2.04. The Hall–Kier alpha value is -1.99. The molecule has 2 N–H and O–H groups in total. The van der Waals surface area contributed by atoms with Crippen LogP contribution >= 0.6 is 0 Å². The quantitative estimate of drug-likeness (QED) is 0.591. The highest BCUT2D eigenvalue weighted by molar-refractivity contribution is 5.10. The van der Waals surface area contributed by atoms with Crippen molar-refractivity contribution in [2.75, 3.05) is 5.73 Å². The average Bonchev–Trinajstić information content (AvgIpc) is 2.65. The largest absolute Gasteiger partial charge is 0.367 e. The molecule has 0 radical (unpaired) electrons. The first-order valence-electron chi connectivity index (χ1n) is 3.13. The van der Waals surface area contributed by atoms with Gasteiger partial charge in [0, 0.05) is 0 Å². The summed E-state index contributed by atoms with van der Waals surface area (Å²) in [7, 11) is 0. The fraction of sp³-hybridized carbons (Fsp3) is 0.250. The lowest BCUT2D eigenvalue weighted by molar-refractivity contribution is 0.406. The predicted octanol–water partition coefficient (Wildman–Crippen LogP) is -1.31. The molecule has 2 aromatic heterocycles. The molecule has 2 rings (SSSR count). The molecule has 62 valence electrons. The lowest BCUT2D eigenvalue weighted by atomic mass is 10.6. The number of rotatable bonds is 2. The molecule has 0 unspecified atom stereocenters. The molecule has 0 aromatic carbocycles. The van der Waals surface area contributed by atoms with Crippen molar-refractivity contribution < 1.29 is 4.52 Å². The molecule has 8 nitrogen and oxygen atoms in total. The maximum absolute atomic E-state index is 5.40. The van der Waals surface area contributed by atoms with Crippen LogP contribution in [0.4, 0.5) is 5.95 Å². The van der Waals surface area contributed by atoms with E-state index < -0.39 is 0 Å². The number of tetrazole rings is 1. The SMILES string of the molecule is Nc1nnnn1Cc1ncon1. The van der Waals surface area contributed by atoms with E-state index in [1.807, 2.05) is 0 Å². The van der Waals surface area contributed by atoms with Crippen molar-refractivity contribution in [3.05, 3.63) is 12.2 Å². The number of aromatic nitrogens is 6. The average molecular weight is 167 g/mol. The lowest BCUT2D eigenvalue weighted by Crippen LogP contribution is -2.07. The van der Waals surface area contributed by atoms with Crippen LogP contribution in [0.2, 0.25) is 0 Å². The zero-order valence-electron chi connectivity index (χ0n) is 5.95. The standard InChI is InChI=1S/C4H5N7O/c5-4-7-9-10-11(4)1-3-6-2-12-8-3/h2H,1H2,(H2,5,7,10). The molecule has 0 amide bonds. The zero-order valence-corrected chi connectivity index (χ0v) is 5.95. The summed E-state index contributed by atoms with van der Waals surface area (Å²) >= 11 is 0. The summed E-state index contributed by atoms with van der Waals surface area (Å²) in [5.74, 6) is 0.703. The Labute approximate surface area is 66.4 Å². The van der Waals surface area contributed by atoms with Crippen molar-refractivity contribution in [1.29, 1.82) is 0 Å². The number of nitrogen functional groups attached to an aromatic ring is 1. The van der Waals surface area contributed by atoms with Crippen molar-refractivity contribution in [3.63, 3.8) is 0 Å². The molecule has 0 spiro atoms. The molecule has 0 aliphatic heterocycles. The summed E-state index contributed by atoms with van der Waals surface area (Å²) in [6.07, 6.45) is 1.23. The number of nitrogens with zero attached hydrogens (tertiary/aromatic N) is 6. The van der Waals surface area contributed by atoms with E-state index in [1.54, 1.807) is 0 Å². The monoisotopic (exact) mass is 167 g/mol. The van der Waals surface area contributed by atoms with Gasteiger partial charge in [0.15, 0.2) is 5.82 Å².